The minimum absolute atomic E-state index is 0.0113. The fraction of sp³-hybridized carbons (Fsp3) is 0.560. The molecule has 3 rings (SSSR count). The Morgan fingerprint density at radius 2 is 2.00 bits per heavy atom. The Morgan fingerprint density at radius 1 is 1.32 bits per heavy atom. The number of halogens is 3. The first-order chi connectivity index (χ1) is 17.8. The molecule has 13 heteroatoms. The first kappa shape index (κ1) is 29.5. The van der Waals surface area contributed by atoms with Gasteiger partial charge in [-0.15, -0.1) is 0 Å². The second-order valence-electron chi connectivity index (χ2n) is 10.3. The summed E-state index contributed by atoms with van der Waals surface area (Å²) in [5.41, 5.74) is -0.564. The fourth-order valence-corrected chi connectivity index (χ4v) is 4.65. The number of alkyl halides is 2. The van der Waals surface area contributed by atoms with Gasteiger partial charge in [-0.2, -0.15) is 5.26 Å². The van der Waals surface area contributed by atoms with Gasteiger partial charge in [0, 0.05) is 25.0 Å². The lowest BCUT2D eigenvalue weighted by Gasteiger charge is -2.35. The summed E-state index contributed by atoms with van der Waals surface area (Å²) in [5, 5.41) is 31.3. The predicted molar refractivity (Wildman–Crippen MR) is 132 cm³/mol. The van der Waals surface area contributed by atoms with Gasteiger partial charge in [0.05, 0.1) is 19.0 Å². The lowest BCUT2D eigenvalue weighted by atomic mass is 9.76. The highest BCUT2D eigenvalue weighted by Crippen LogP contribution is 2.33. The zero-order chi connectivity index (χ0) is 28.1. The van der Waals surface area contributed by atoms with Crippen LogP contribution in [0.4, 0.5) is 18.0 Å². The minimum Gasteiger partial charge on any atom is -0.444 e. The van der Waals surface area contributed by atoms with Gasteiger partial charge in [0.15, 0.2) is 0 Å². The highest BCUT2D eigenvalue weighted by molar-refractivity contribution is 6.43. The molecular weight excluding hydrogens is 504 g/mol. The number of rotatable bonds is 8. The smallest absolute Gasteiger partial charge is 0.444 e. The fourth-order valence-electron chi connectivity index (χ4n) is 4.65. The van der Waals surface area contributed by atoms with E-state index in [1.165, 1.54) is 40.1 Å². The lowest BCUT2D eigenvalue weighted by molar-refractivity contribution is -0.129. The van der Waals surface area contributed by atoms with E-state index in [1.807, 2.05) is 6.07 Å². The van der Waals surface area contributed by atoms with E-state index in [9.17, 15) is 38.1 Å². The number of amides is 2. The van der Waals surface area contributed by atoms with Gasteiger partial charge >= 0.3 is 13.2 Å². The summed E-state index contributed by atoms with van der Waals surface area (Å²) in [4.78, 5) is 28.5. The zero-order valence-electron chi connectivity index (χ0n) is 21.4. The van der Waals surface area contributed by atoms with Crippen LogP contribution in [0.2, 0.25) is 0 Å². The Morgan fingerprint density at radius 3 is 2.58 bits per heavy atom. The molecule has 2 amide bonds. The average Bonchev–Trinajstić information content (AvgIpc) is 3.23. The number of hydrogen-bond donors (Lipinski definition) is 3. The molecule has 0 aliphatic carbocycles. The summed E-state index contributed by atoms with van der Waals surface area (Å²) in [6, 6.07) is 7.22. The van der Waals surface area contributed by atoms with Crippen molar-refractivity contribution in [2.45, 2.75) is 63.0 Å². The van der Waals surface area contributed by atoms with E-state index in [0.29, 0.717) is 24.9 Å². The molecule has 38 heavy (non-hydrogen) atoms. The Balaban J connectivity index is 1.59. The molecule has 0 spiro atoms. The van der Waals surface area contributed by atoms with E-state index >= 15 is 0 Å². The van der Waals surface area contributed by atoms with Gasteiger partial charge in [0.25, 0.3) is 11.8 Å². The number of nitrogens with zero attached hydrogens (tertiary/aromatic N) is 3. The van der Waals surface area contributed by atoms with Crippen molar-refractivity contribution in [1.29, 1.82) is 5.26 Å². The number of alkyl carbamates (subject to hydrolysis) is 1. The molecule has 0 saturated carbocycles. The Bertz CT molecular complexity index is 1080. The van der Waals surface area contributed by atoms with Gasteiger partial charge in [-0.1, -0.05) is 12.1 Å². The van der Waals surface area contributed by atoms with Gasteiger partial charge in [-0.25, -0.2) is 18.0 Å². The van der Waals surface area contributed by atoms with Crippen LogP contribution < -0.4 is 5.32 Å². The molecular formula is C25H32BF3N4O5. The quantitative estimate of drug-likeness (QED) is 0.264. The molecule has 0 unspecified atom stereocenters. The molecule has 206 valence electrons. The van der Waals surface area contributed by atoms with Gasteiger partial charge in [-0.05, 0) is 56.9 Å². The molecule has 0 radical (unpaired) electrons. The highest BCUT2D eigenvalue weighted by atomic mass is 19.3. The van der Waals surface area contributed by atoms with Crippen LogP contribution in [0, 0.1) is 17.1 Å². The number of piperidine rings is 1. The standard InChI is InChI=1S/C25H32BF3N4O5/c1-24(2,33-11-9-25(28,29)16-33)13-18(14-30)22(34)32-10-3-4-20(15-32)38-23(35)31-21(26(36)37)12-17-5-7-19(27)8-6-17/h5-8,13,20-21,36-37H,3-4,9-12,15-16H2,1-2H3,(H,31,35)/t20-,21-/m0/s1. The first-order valence-electron chi connectivity index (χ1n) is 12.4. The summed E-state index contributed by atoms with van der Waals surface area (Å²) >= 11 is 0. The summed E-state index contributed by atoms with van der Waals surface area (Å²) in [5.74, 6) is -4.97. The third kappa shape index (κ3) is 7.96. The van der Waals surface area contributed by atoms with Crippen molar-refractivity contribution in [1.82, 2.24) is 15.1 Å². The first-order valence-corrected chi connectivity index (χ1v) is 12.4. The van der Waals surface area contributed by atoms with Crippen LogP contribution in [0.3, 0.4) is 0 Å². The van der Waals surface area contributed by atoms with Crippen molar-refractivity contribution in [3.05, 3.63) is 47.3 Å². The Hall–Kier alpha value is -3.08. The van der Waals surface area contributed by atoms with Crippen LogP contribution >= 0.6 is 0 Å². The monoisotopic (exact) mass is 536 g/mol. The highest BCUT2D eigenvalue weighted by Gasteiger charge is 2.43. The molecule has 2 aliphatic heterocycles. The van der Waals surface area contributed by atoms with E-state index in [1.54, 1.807) is 13.8 Å². The zero-order valence-corrected chi connectivity index (χ0v) is 21.4. The third-order valence-electron chi connectivity index (χ3n) is 6.80. The summed E-state index contributed by atoms with van der Waals surface area (Å²) in [6.45, 7) is 3.36. The number of carbonyl (C=O) groups is 2. The van der Waals surface area contributed by atoms with Crippen molar-refractivity contribution in [3.63, 3.8) is 0 Å². The van der Waals surface area contributed by atoms with Gasteiger partial charge in [0.1, 0.15) is 23.6 Å². The average molecular weight is 536 g/mol. The van der Waals surface area contributed by atoms with Gasteiger partial charge in [0.2, 0.25) is 0 Å². The van der Waals surface area contributed by atoms with E-state index in [0.717, 1.165) is 0 Å². The van der Waals surface area contributed by atoms with E-state index in [4.69, 9.17) is 4.74 Å². The molecule has 9 nitrogen and oxygen atoms in total. The molecule has 2 heterocycles. The molecule has 1 aromatic rings. The molecule has 0 bridgehead atoms. The number of carbonyl (C=O) groups excluding carboxylic acids is 2. The third-order valence-corrected chi connectivity index (χ3v) is 6.80. The minimum atomic E-state index is -2.82. The molecule has 2 atom stereocenters. The maximum Gasteiger partial charge on any atom is 0.475 e. The second kappa shape index (κ2) is 12.2. The van der Waals surface area contributed by atoms with Crippen molar-refractivity contribution in [3.8, 4) is 6.07 Å². The number of likely N-dealkylation sites (tertiary alicyclic amines) is 2. The Kier molecular flexibility index (Phi) is 9.46. The number of benzene rings is 1. The second-order valence-corrected chi connectivity index (χ2v) is 10.3. The molecule has 2 aliphatic rings. The molecule has 2 saturated heterocycles. The number of ether oxygens (including phenoxy) is 1. The topological polar surface area (TPSA) is 126 Å². The Labute approximate surface area is 220 Å². The van der Waals surface area contributed by atoms with E-state index in [2.05, 4.69) is 5.32 Å². The van der Waals surface area contributed by atoms with Crippen LogP contribution in [0.1, 0.15) is 38.7 Å². The van der Waals surface area contributed by atoms with Crippen molar-refractivity contribution < 1.29 is 37.5 Å². The molecule has 0 aromatic heterocycles. The number of hydrogen-bond acceptors (Lipinski definition) is 7. The predicted octanol–water partition coefficient (Wildman–Crippen LogP) is 2.04. The summed E-state index contributed by atoms with van der Waals surface area (Å²) < 4.78 is 45.9. The largest absolute Gasteiger partial charge is 0.475 e. The van der Waals surface area contributed by atoms with Crippen molar-refractivity contribution in [2.24, 2.45) is 0 Å². The van der Waals surface area contributed by atoms with Crippen LogP contribution in [-0.4, -0.2) is 88.7 Å². The van der Waals surface area contributed by atoms with Crippen LogP contribution in [0.5, 0.6) is 0 Å². The summed E-state index contributed by atoms with van der Waals surface area (Å²) in [7, 11) is -1.90. The van der Waals surface area contributed by atoms with Crippen LogP contribution in [0.15, 0.2) is 35.9 Å². The lowest BCUT2D eigenvalue weighted by Crippen LogP contribution is -2.50. The van der Waals surface area contributed by atoms with Crippen LogP contribution in [-0.2, 0) is 16.0 Å². The van der Waals surface area contributed by atoms with Gasteiger partial charge < -0.3 is 25.0 Å². The number of nitriles is 1. The SMILES string of the molecule is CC(C)(C=C(C#N)C(=O)N1CCC[C@H](OC(=O)N[C@@H](Cc2ccc(F)cc2)B(O)O)C1)N1CCC(F)(F)C1. The van der Waals surface area contributed by atoms with Crippen LogP contribution in [0.25, 0.3) is 0 Å². The molecule has 2 fully saturated rings. The normalized spacial score (nSPS) is 20.9. The van der Waals surface area contributed by atoms with Crippen molar-refractivity contribution >= 4 is 19.1 Å². The maximum absolute atomic E-state index is 13.7. The number of nitrogens with one attached hydrogen (secondary N) is 1. The maximum atomic E-state index is 13.7. The van der Waals surface area contributed by atoms with Crippen molar-refractivity contribution in [2.75, 3.05) is 26.2 Å². The van der Waals surface area contributed by atoms with E-state index in [-0.39, 0.29) is 31.5 Å². The summed E-state index contributed by atoms with van der Waals surface area (Å²) in [6.07, 6.45) is 0.434. The molecule has 3 N–H and O–H groups in total. The molecule has 1 aromatic carbocycles. The van der Waals surface area contributed by atoms with E-state index < -0.39 is 55.0 Å². The van der Waals surface area contributed by atoms with Gasteiger partial charge in [-0.3, -0.25) is 9.69 Å².